The zero-order valence-electron chi connectivity index (χ0n) is 14.5. The summed E-state index contributed by atoms with van der Waals surface area (Å²) in [6, 6.07) is 7.58. The molecule has 5 heteroatoms. The van der Waals surface area contributed by atoms with E-state index in [9.17, 15) is 4.79 Å². The van der Waals surface area contributed by atoms with Crippen molar-refractivity contribution in [3.05, 3.63) is 24.3 Å². The van der Waals surface area contributed by atoms with Crippen LogP contribution in [0.1, 0.15) is 26.7 Å². The normalized spacial score (nSPS) is 16.9. The van der Waals surface area contributed by atoms with Gasteiger partial charge in [-0.25, -0.2) is 0 Å². The fourth-order valence-electron chi connectivity index (χ4n) is 2.83. The first-order valence-electron chi connectivity index (χ1n) is 8.49. The lowest BCUT2D eigenvalue weighted by atomic mass is 10.1. The van der Waals surface area contributed by atoms with Gasteiger partial charge in [-0.3, -0.25) is 9.69 Å². The zero-order valence-corrected chi connectivity index (χ0v) is 14.5. The van der Waals surface area contributed by atoms with Gasteiger partial charge in [0, 0.05) is 13.1 Å². The van der Waals surface area contributed by atoms with Gasteiger partial charge in [0.05, 0.1) is 19.2 Å². The third-order valence-electron chi connectivity index (χ3n) is 4.21. The summed E-state index contributed by atoms with van der Waals surface area (Å²) in [6.45, 7) is 6.41. The molecule has 5 nitrogen and oxygen atoms in total. The molecule has 0 aromatic heterocycles. The van der Waals surface area contributed by atoms with Crippen LogP contribution in [0.5, 0.6) is 11.5 Å². The number of nitrogens with one attached hydrogen (secondary N) is 1. The summed E-state index contributed by atoms with van der Waals surface area (Å²) in [6.07, 6.45) is 7.08. The van der Waals surface area contributed by atoms with E-state index in [4.69, 9.17) is 15.9 Å². The molecule has 1 fully saturated rings. The van der Waals surface area contributed by atoms with Crippen molar-refractivity contribution in [2.24, 2.45) is 0 Å². The van der Waals surface area contributed by atoms with Gasteiger partial charge in [0.25, 0.3) is 0 Å². The molecule has 1 atom stereocenters. The highest BCUT2D eigenvalue weighted by atomic mass is 16.5. The van der Waals surface area contributed by atoms with Crippen molar-refractivity contribution in [3.8, 4) is 23.8 Å². The van der Waals surface area contributed by atoms with Crippen LogP contribution in [-0.2, 0) is 4.79 Å². The standard InChI is InChI=1S/C19H26N2O3/c1-4-12-20-19(22)15(3)21-13-10-16(11-14-21)24-18-9-7-6-8-17(18)23-5-2/h1,6-9,15-16H,5,10-14H2,2-3H3,(H,20,22)/t15-/m0/s1. The molecule has 0 bridgehead atoms. The second-order valence-corrected chi connectivity index (χ2v) is 5.83. The van der Waals surface area contributed by atoms with Crippen LogP contribution in [0.2, 0.25) is 0 Å². The molecule has 0 unspecified atom stereocenters. The van der Waals surface area contributed by atoms with E-state index in [1.807, 2.05) is 38.1 Å². The van der Waals surface area contributed by atoms with Gasteiger partial charge in [0.2, 0.25) is 5.91 Å². The van der Waals surface area contributed by atoms with E-state index >= 15 is 0 Å². The summed E-state index contributed by atoms with van der Waals surface area (Å²) in [7, 11) is 0. The van der Waals surface area contributed by atoms with E-state index < -0.39 is 0 Å². The highest BCUT2D eigenvalue weighted by Gasteiger charge is 2.27. The average Bonchev–Trinajstić information content (AvgIpc) is 2.61. The first kappa shape index (κ1) is 18.2. The number of ether oxygens (including phenoxy) is 2. The van der Waals surface area contributed by atoms with E-state index in [1.54, 1.807) is 0 Å². The second kappa shape index (κ2) is 9.19. The minimum Gasteiger partial charge on any atom is -0.490 e. The Kier molecular flexibility index (Phi) is 6.95. The third-order valence-corrected chi connectivity index (χ3v) is 4.21. The number of carbonyl (C=O) groups excluding carboxylic acids is 1. The van der Waals surface area contributed by atoms with Crippen molar-refractivity contribution in [2.45, 2.75) is 38.8 Å². The van der Waals surface area contributed by atoms with Gasteiger partial charge in [-0.2, -0.15) is 0 Å². The number of nitrogens with zero attached hydrogens (tertiary/aromatic N) is 1. The maximum Gasteiger partial charge on any atom is 0.237 e. The van der Waals surface area contributed by atoms with E-state index in [0.717, 1.165) is 37.4 Å². The molecule has 0 saturated carbocycles. The molecular weight excluding hydrogens is 304 g/mol. The average molecular weight is 330 g/mol. The Morgan fingerprint density at radius 1 is 1.38 bits per heavy atom. The van der Waals surface area contributed by atoms with Crippen LogP contribution in [0.3, 0.4) is 0 Å². The van der Waals surface area contributed by atoms with Crippen molar-refractivity contribution in [1.29, 1.82) is 0 Å². The van der Waals surface area contributed by atoms with Crippen molar-refractivity contribution < 1.29 is 14.3 Å². The summed E-state index contributed by atoms with van der Waals surface area (Å²) in [5, 5.41) is 2.74. The van der Waals surface area contributed by atoms with Crippen LogP contribution in [-0.4, -0.2) is 49.2 Å². The number of likely N-dealkylation sites (tertiary alicyclic amines) is 1. The molecule has 0 spiro atoms. The van der Waals surface area contributed by atoms with Gasteiger partial charge in [-0.15, -0.1) is 6.42 Å². The minimum atomic E-state index is -0.171. The molecule has 1 N–H and O–H groups in total. The molecule has 1 amide bonds. The maximum absolute atomic E-state index is 12.0. The molecule has 1 aromatic carbocycles. The van der Waals surface area contributed by atoms with Gasteiger partial charge >= 0.3 is 0 Å². The van der Waals surface area contributed by atoms with E-state index in [0.29, 0.717) is 6.61 Å². The van der Waals surface area contributed by atoms with Crippen LogP contribution >= 0.6 is 0 Å². The number of para-hydroxylation sites is 2. The molecule has 1 saturated heterocycles. The predicted octanol–water partition coefficient (Wildman–Crippen LogP) is 2.07. The highest BCUT2D eigenvalue weighted by molar-refractivity contribution is 5.81. The molecule has 0 radical (unpaired) electrons. The number of rotatable bonds is 7. The minimum absolute atomic E-state index is 0.0194. The Balaban J connectivity index is 1.85. The van der Waals surface area contributed by atoms with Crippen LogP contribution < -0.4 is 14.8 Å². The highest BCUT2D eigenvalue weighted by Crippen LogP contribution is 2.29. The molecule has 1 aliphatic heterocycles. The molecule has 24 heavy (non-hydrogen) atoms. The Bertz CT molecular complexity index is 574. The number of terminal acetylenes is 1. The van der Waals surface area contributed by atoms with Crippen molar-refractivity contribution in [2.75, 3.05) is 26.2 Å². The number of amides is 1. The summed E-state index contributed by atoms with van der Waals surface area (Å²) < 4.78 is 11.7. The smallest absolute Gasteiger partial charge is 0.237 e. The largest absolute Gasteiger partial charge is 0.490 e. The first-order valence-corrected chi connectivity index (χ1v) is 8.49. The van der Waals surface area contributed by atoms with Gasteiger partial charge in [-0.1, -0.05) is 18.1 Å². The lowest BCUT2D eigenvalue weighted by Crippen LogP contribution is -2.49. The summed E-state index contributed by atoms with van der Waals surface area (Å²) in [4.78, 5) is 14.2. The Morgan fingerprint density at radius 2 is 2.04 bits per heavy atom. The number of piperidine rings is 1. The molecule has 1 aliphatic rings. The molecule has 130 valence electrons. The van der Waals surface area contributed by atoms with Gasteiger partial charge in [-0.05, 0) is 38.8 Å². The summed E-state index contributed by atoms with van der Waals surface area (Å²) in [5.74, 6) is 3.98. The summed E-state index contributed by atoms with van der Waals surface area (Å²) >= 11 is 0. The van der Waals surface area contributed by atoms with Crippen molar-refractivity contribution in [3.63, 3.8) is 0 Å². The monoisotopic (exact) mass is 330 g/mol. The Labute approximate surface area is 144 Å². The third kappa shape index (κ3) is 4.90. The molecule has 2 rings (SSSR count). The topological polar surface area (TPSA) is 50.8 Å². The van der Waals surface area contributed by atoms with Crippen LogP contribution in [0.25, 0.3) is 0 Å². The lowest BCUT2D eigenvalue weighted by molar-refractivity contribution is -0.126. The maximum atomic E-state index is 12.0. The Morgan fingerprint density at radius 3 is 2.67 bits per heavy atom. The molecule has 0 aliphatic carbocycles. The molecular formula is C19H26N2O3. The number of benzene rings is 1. The Hall–Kier alpha value is -2.19. The number of hydrogen-bond donors (Lipinski definition) is 1. The fraction of sp³-hybridized carbons (Fsp3) is 0.526. The van der Waals surface area contributed by atoms with Gasteiger partial charge in [0.1, 0.15) is 6.10 Å². The first-order chi connectivity index (χ1) is 11.7. The van der Waals surface area contributed by atoms with Gasteiger partial charge in [0.15, 0.2) is 11.5 Å². The summed E-state index contributed by atoms with van der Waals surface area (Å²) in [5.41, 5.74) is 0. The quantitative estimate of drug-likeness (QED) is 0.778. The predicted molar refractivity (Wildman–Crippen MR) is 94.1 cm³/mol. The number of carbonyl (C=O) groups is 1. The SMILES string of the molecule is C#CCNC(=O)[C@H](C)N1CCC(Oc2ccccc2OCC)CC1. The fourth-order valence-corrected chi connectivity index (χ4v) is 2.83. The lowest BCUT2D eigenvalue weighted by Gasteiger charge is -2.35. The molecule has 1 heterocycles. The van der Waals surface area contributed by atoms with Crippen molar-refractivity contribution >= 4 is 5.91 Å². The molecule has 1 aromatic rings. The van der Waals surface area contributed by atoms with E-state index in [-0.39, 0.29) is 24.6 Å². The van der Waals surface area contributed by atoms with Crippen LogP contribution in [0.4, 0.5) is 0 Å². The van der Waals surface area contributed by atoms with Crippen molar-refractivity contribution in [1.82, 2.24) is 10.2 Å². The zero-order chi connectivity index (χ0) is 17.4. The van der Waals surface area contributed by atoms with Crippen LogP contribution in [0, 0.1) is 12.3 Å². The number of hydrogen-bond acceptors (Lipinski definition) is 4. The van der Waals surface area contributed by atoms with E-state index in [2.05, 4.69) is 16.1 Å². The van der Waals surface area contributed by atoms with Gasteiger partial charge < -0.3 is 14.8 Å². The second-order valence-electron chi connectivity index (χ2n) is 5.83. The van der Waals surface area contributed by atoms with Crippen LogP contribution in [0.15, 0.2) is 24.3 Å². The van der Waals surface area contributed by atoms with E-state index in [1.165, 1.54) is 0 Å².